The number of nitrogens with one attached hydrogen (secondary N) is 2. The molecule has 3 aromatic rings. The monoisotopic (exact) mass is 463 g/mol. The lowest BCUT2D eigenvalue weighted by Gasteiger charge is -2.12. The van der Waals surface area contributed by atoms with Crippen molar-refractivity contribution in [3.63, 3.8) is 0 Å². The SMILES string of the molecule is CC(C)c1cc(NS(=O)(=O)c2cccs2)cc2c(C(N)=O)c(NC(=O)C3CC3)sc12. The Kier molecular flexibility index (Phi) is 5.33. The fraction of sp³-hybridized carbons (Fsp3) is 0.300. The Hall–Kier alpha value is -2.43. The molecular weight excluding hydrogens is 442 g/mol. The number of thiophene rings is 2. The number of carbonyl (C=O) groups is 2. The molecule has 4 rings (SSSR count). The van der Waals surface area contributed by atoms with Crippen LogP contribution in [0.25, 0.3) is 10.1 Å². The predicted octanol–water partition coefficient (Wildman–Crippen LogP) is 4.33. The molecule has 0 radical (unpaired) electrons. The average Bonchev–Trinajstić information content (AvgIpc) is 3.22. The molecule has 2 heterocycles. The van der Waals surface area contributed by atoms with E-state index in [1.807, 2.05) is 13.8 Å². The van der Waals surface area contributed by atoms with Gasteiger partial charge in [-0.05, 0) is 47.9 Å². The fourth-order valence-electron chi connectivity index (χ4n) is 3.23. The van der Waals surface area contributed by atoms with Gasteiger partial charge in [-0.3, -0.25) is 14.3 Å². The van der Waals surface area contributed by atoms with Gasteiger partial charge in [-0.15, -0.1) is 22.7 Å². The zero-order valence-electron chi connectivity index (χ0n) is 16.4. The lowest BCUT2D eigenvalue weighted by Crippen LogP contribution is -2.17. The third kappa shape index (κ3) is 3.94. The molecule has 7 nitrogen and oxygen atoms in total. The number of benzene rings is 1. The summed E-state index contributed by atoms with van der Waals surface area (Å²) in [6.07, 6.45) is 1.68. The number of carbonyl (C=O) groups excluding carboxylic acids is 2. The summed E-state index contributed by atoms with van der Waals surface area (Å²) >= 11 is 2.42. The Morgan fingerprint density at radius 2 is 1.97 bits per heavy atom. The Bertz CT molecular complexity index is 1240. The van der Waals surface area contributed by atoms with Crippen molar-refractivity contribution >= 4 is 65.3 Å². The highest BCUT2D eigenvalue weighted by molar-refractivity contribution is 7.94. The van der Waals surface area contributed by atoms with Crippen LogP contribution in [0.4, 0.5) is 10.7 Å². The van der Waals surface area contributed by atoms with Gasteiger partial charge in [-0.2, -0.15) is 0 Å². The summed E-state index contributed by atoms with van der Waals surface area (Å²) in [5.41, 5.74) is 7.08. The normalized spacial score (nSPS) is 14.2. The number of hydrogen-bond acceptors (Lipinski definition) is 6. The molecule has 1 saturated carbocycles. The van der Waals surface area contributed by atoms with Crippen molar-refractivity contribution in [1.82, 2.24) is 0 Å². The van der Waals surface area contributed by atoms with E-state index in [9.17, 15) is 18.0 Å². The van der Waals surface area contributed by atoms with Crippen LogP contribution in [-0.2, 0) is 14.8 Å². The van der Waals surface area contributed by atoms with Crippen molar-refractivity contribution in [1.29, 1.82) is 0 Å². The van der Waals surface area contributed by atoms with Crippen molar-refractivity contribution in [3.8, 4) is 0 Å². The highest BCUT2D eigenvalue weighted by Crippen LogP contribution is 2.43. The van der Waals surface area contributed by atoms with Gasteiger partial charge in [-0.25, -0.2) is 8.42 Å². The van der Waals surface area contributed by atoms with E-state index in [1.165, 1.54) is 17.4 Å². The van der Waals surface area contributed by atoms with Crippen LogP contribution in [0.15, 0.2) is 33.9 Å². The van der Waals surface area contributed by atoms with Crippen molar-refractivity contribution < 1.29 is 18.0 Å². The number of anilines is 2. The van der Waals surface area contributed by atoms with Gasteiger partial charge in [0.25, 0.3) is 15.9 Å². The molecule has 0 atom stereocenters. The van der Waals surface area contributed by atoms with Gasteiger partial charge >= 0.3 is 0 Å². The first-order valence-electron chi connectivity index (χ1n) is 9.45. The first-order chi connectivity index (χ1) is 14.2. The highest BCUT2D eigenvalue weighted by atomic mass is 32.2. The van der Waals surface area contributed by atoms with Gasteiger partial charge in [-0.1, -0.05) is 19.9 Å². The summed E-state index contributed by atoms with van der Waals surface area (Å²) < 4.78 is 29.0. The van der Waals surface area contributed by atoms with E-state index < -0.39 is 15.9 Å². The van der Waals surface area contributed by atoms with Crippen LogP contribution in [0, 0.1) is 5.92 Å². The van der Waals surface area contributed by atoms with E-state index >= 15 is 0 Å². The topological polar surface area (TPSA) is 118 Å². The van der Waals surface area contributed by atoms with Gasteiger partial charge in [0, 0.05) is 21.7 Å². The molecule has 158 valence electrons. The Balaban J connectivity index is 1.84. The summed E-state index contributed by atoms with van der Waals surface area (Å²) in [6, 6.07) is 6.57. The Morgan fingerprint density at radius 3 is 2.53 bits per heavy atom. The molecule has 0 saturated heterocycles. The second kappa shape index (κ2) is 7.68. The molecule has 1 aliphatic rings. The summed E-state index contributed by atoms with van der Waals surface area (Å²) in [6.45, 7) is 3.97. The maximum atomic E-state index is 12.7. The standard InChI is InChI=1S/C20H21N3O4S3/c1-10(2)13-8-12(23-30(26,27)15-4-3-7-28-15)9-14-16(18(21)24)20(29-17(13)14)22-19(25)11-5-6-11/h3-4,7-11,23H,5-6H2,1-2H3,(H2,21,24)(H,22,25). The predicted molar refractivity (Wildman–Crippen MR) is 121 cm³/mol. The second-order valence-corrected chi connectivity index (χ2v) is 11.4. The smallest absolute Gasteiger partial charge is 0.271 e. The quantitative estimate of drug-likeness (QED) is 0.483. The largest absolute Gasteiger partial charge is 0.365 e. The molecule has 0 unspecified atom stereocenters. The van der Waals surface area contributed by atoms with Gasteiger partial charge in [0.1, 0.15) is 9.21 Å². The molecule has 10 heteroatoms. The molecule has 2 amide bonds. The van der Waals surface area contributed by atoms with Crippen LogP contribution in [0.5, 0.6) is 0 Å². The van der Waals surface area contributed by atoms with Crippen molar-refractivity contribution in [2.75, 3.05) is 10.0 Å². The molecule has 2 aromatic heterocycles. The van der Waals surface area contributed by atoms with Crippen LogP contribution < -0.4 is 15.8 Å². The minimum absolute atomic E-state index is 0.0197. The average molecular weight is 464 g/mol. The molecule has 0 aliphatic heterocycles. The van der Waals surface area contributed by atoms with E-state index in [0.29, 0.717) is 16.1 Å². The molecule has 0 bridgehead atoms. The van der Waals surface area contributed by atoms with E-state index in [1.54, 1.807) is 23.6 Å². The van der Waals surface area contributed by atoms with Crippen LogP contribution >= 0.6 is 22.7 Å². The first-order valence-corrected chi connectivity index (χ1v) is 12.6. The second-order valence-electron chi connectivity index (χ2n) is 7.57. The number of nitrogens with two attached hydrogens (primary N) is 1. The molecule has 1 fully saturated rings. The minimum atomic E-state index is -3.74. The lowest BCUT2D eigenvalue weighted by atomic mass is 9.99. The van der Waals surface area contributed by atoms with Crippen LogP contribution in [0.1, 0.15) is 48.5 Å². The minimum Gasteiger partial charge on any atom is -0.365 e. The first kappa shape index (κ1) is 20.8. The van der Waals surface area contributed by atoms with Crippen LogP contribution in [0.3, 0.4) is 0 Å². The third-order valence-electron chi connectivity index (χ3n) is 4.88. The lowest BCUT2D eigenvalue weighted by molar-refractivity contribution is -0.117. The molecule has 0 spiro atoms. The molecular formula is C20H21N3O4S3. The van der Waals surface area contributed by atoms with Crippen molar-refractivity contribution in [3.05, 3.63) is 40.8 Å². The Labute approximate surface area is 182 Å². The summed E-state index contributed by atoms with van der Waals surface area (Å²) in [4.78, 5) is 24.6. The maximum absolute atomic E-state index is 12.7. The highest BCUT2D eigenvalue weighted by Gasteiger charge is 2.31. The zero-order chi connectivity index (χ0) is 21.6. The van der Waals surface area contributed by atoms with Crippen LogP contribution in [-0.4, -0.2) is 20.2 Å². The van der Waals surface area contributed by atoms with Crippen LogP contribution in [0.2, 0.25) is 0 Å². The third-order valence-corrected chi connectivity index (χ3v) is 8.83. The van der Waals surface area contributed by atoms with E-state index in [-0.39, 0.29) is 27.5 Å². The number of sulfonamides is 1. The van der Waals surface area contributed by atoms with Gasteiger partial charge < -0.3 is 11.1 Å². The number of hydrogen-bond donors (Lipinski definition) is 3. The van der Waals surface area contributed by atoms with E-state index in [0.717, 1.165) is 34.4 Å². The number of rotatable bonds is 7. The molecule has 1 aliphatic carbocycles. The maximum Gasteiger partial charge on any atom is 0.271 e. The van der Waals surface area contributed by atoms with Crippen molar-refractivity contribution in [2.24, 2.45) is 11.7 Å². The number of primary amides is 1. The van der Waals surface area contributed by atoms with Gasteiger partial charge in [0.15, 0.2) is 0 Å². The molecule has 4 N–H and O–H groups in total. The summed E-state index contributed by atoms with van der Waals surface area (Å²) in [5, 5.41) is 5.48. The molecule has 30 heavy (non-hydrogen) atoms. The van der Waals surface area contributed by atoms with Gasteiger partial charge in [0.2, 0.25) is 5.91 Å². The molecule has 1 aromatic carbocycles. The van der Waals surface area contributed by atoms with E-state index in [4.69, 9.17) is 5.73 Å². The van der Waals surface area contributed by atoms with Gasteiger partial charge in [0.05, 0.1) is 5.56 Å². The number of fused-ring (bicyclic) bond motifs is 1. The Morgan fingerprint density at radius 1 is 1.23 bits per heavy atom. The zero-order valence-corrected chi connectivity index (χ0v) is 18.8. The summed E-state index contributed by atoms with van der Waals surface area (Å²) in [5.74, 6) is -0.743. The number of amides is 2. The fourth-order valence-corrected chi connectivity index (χ4v) is 6.61. The van der Waals surface area contributed by atoms with E-state index in [2.05, 4.69) is 10.0 Å². The van der Waals surface area contributed by atoms with Crippen molar-refractivity contribution in [2.45, 2.75) is 36.8 Å². The summed E-state index contributed by atoms with van der Waals surface area (Å²) in [7, 11) is -3.74.